The molecule has 2 atom stereocenters. The van der Waals surface area contributed by atoms with Gasteiger partial charge in [-0.1, -0.05) is 59.3 Å². The van der Waals surface area contributed by atoms with Crippen LogP contribution >= 0.6 is 15.9 Å². The van der Waals surface area contributed by atoms with Crippen LogP contribution in [0.3, 0.4) is 0 Å². The number of hydrogen-bond donors (Lipinski definition) is 1. The third-order valence-electron chi connectivity index (χ3n) is 4.37. The van der Waals surface area contributed by atoms with Crippen molar-refractivity contribution in [2.45, 2.75) is 37.7 Å². The zero-order valence-corrected chi connectivity index (χ0v) is 13.2. The number of fused-ring (bicyclic) bond motifs is 1. The Morgan fingerprint density at radius 2 is 2.00 bits per heavy atom. The van der Waals surface area contributed by atoms with E-state index in [1.807, 2.05) is 18.2 Å². The standard InChI is InChI=1S/C18H19BrO/c1-13-9-10-18(20,17-8-3-2-7-16(13)17)12-14-5-4-6-15(19)11-14/h2-8,11,13,20H,9-10,12H2,1H3. The van der Waals surface area contributed by atoms with Gasteiger partial charge < -0.3 is 5.11 Å². The maximum atomic E-state index is 11.2. The van der Waals surface area contributed by atoms with E-state index in [-0.39, 0.29) is 0 Å². The largest absolute Gasteiger partial charge is 0.385 e. The molecule has 2 unspecified atom stereocenters. The fraction of sp³-hybridized carbons (Fsp3) is 0.333. The zero-order valence-electron chi connectivity index (χ0n) is 11.6. The first-order chi connectivity index (χ1) is 9.58. The second kappa shape index (κ2) is 5.34. The van der Waals surface area contributed by atoms with Crippen molar-refractivity contribution in [2.75, 3.05) is 0 Å². The molecule has 0 spiro atoms. The Labute approximate surface area is 128 Å². The van der Waals surface area contributed by atoms with Gasteiger partial charge >= 0.3 is 0 Å². The molecule has 0 bridgehead atoms. The Balaban J connectivity index is 1.98. The SMILES string of the molecule is CC1CCC(O)(Cc2cccc(Br)c2)c2ccccc21. The van der Waals surface area contributed by atoms with Crippen LogP contribution in [0, 0.1) is 0 Å². The van der Waals surface area contributed by atoms with Crippen LogP contribution in [-0.2, 0) is 12.0 Å². The van der Waals surface area contributed by atoms with Crippen LogP contribution in [0.2, 0.25) is 0 Å². The fourth-order valence-electron chi connectivity index (χ4n) is 3.26. The molecule has 20 heavy (non-hydrogen) atoms. The van der Waals surface area contributed by atoms with E-state index in [4.69, 9.17) is 0 Å². The summed E-state index contributed by atoms with van der Waals surface area (Å²) >= 11 is 3.50. The molecule has 3 rings (SSSR count). The number of halogens is 1. The third-order valence-corrected chi connectivity index (χ3v) is 4.86. The van der Waals surface area contributed by atoms with E-state index in [0.29, 0.717) is 12.3 Å². The van der Waals surface area contributed by atoms with Crippen molar-refractivity contribution in [1.82, 2.24) is 0 Å². The molecule has 1 aliphatic carbocycles. The second-order valence-electron chi connectivity index (χ2n) is 5.87. The molecule has 2 aromatic carbocycles. The summed E-state index contributed by atoms with van der Waals surface area (Å²) in [4.78, 5) is 0. The van der Waals surface area contributed by atoms with Gasteiger partial charge in [-0.15, -0.1) is 0 Å². The van der Waals surface area contributed by atoms with Gasteiger partial charge in [0.1, 0.15) is 0 Å². The Morgan fingerprint density at radius 1 is 1.20 bits per heavy atom. The molecule has 0 saturated heterocycles. The van der Waals surface area contributed by atoms with Crippen LogP contribution in [0.1, 0.15) is 42.4 Å². The van der Waals surface area contributed by atoms with Crippen LogP contribution in [0.4, 0.5) is 0 Å². The summed E-state index contributed by atoms with van der Waals surface area (Å²) in [5.74, 6) is 0.536. The van der Waals surface area contributed by atoms with E-state index < -0.39 is 5.60 Å². The summed E-state index contributed by atoms with van der Waals surface area (Å²) in [6.07, 6.45) is 2.55. The lowest BCUT2D eigenvalue weighted by Gasteiger charge is -2.37. The van der Waals surface area contributed by atoms with Crippen LogP contribution in [0.25, 0.3) is 0 Å². The quantitative estimate of drug-likeness (QED) is 0.840. The van der Waals surface area contributed by atoms with Crippen molar-refractivity contribution in [3.8, 4) is 0 Å². The molecule has 1 nitrogen and oxygen atoms in total. The smallest absolute Gasteiger partial charge is 0.0939 e. The predicted molar refractivity (Wildman–Crippen MR) is 85.8 cm³/mol. The van der Waals surface area contributed by atoms with E-state index in [0.717, 1.165) is 22.9 Å². The van der Waals surface area contributed by atoms with E-state index >= 15 is 0 Å². The Bertz CT molecular complexity index is 622. The Kier molecular flexibility index (Phi) is 3.70. The minimum Gasteiger partial charge on any atom is -0.385 e. The maximum absolute atomic E-state index is 11.2. The maximum Gasteiger partial charge on any atom is 0.0939 e. The number of rotatable bonds is 2. The molecule has 1 N–H and O–H groups in total. The average molecular weight is 331 g/mol. The van der Waals surface area contributed by atoms with Gasteiger partial charge in [-0.25, -0.2) is 0 Å². The van der Waals surface area contributed by atoms with Gasteiger partial charge in [-0.2, -0.15) is 0 Å². The van der Waals surface area contributed by atoms with Crippen molar-refractivity contribution >= 4 is 15.9 Å². The molecule has 0 heterocycles. The molecule has 0 fully saturated rings. The van der Waals surface area contributed by atoms with Crippen molar-refractivity contribution in [3.05, 3.63) is 69.7 Å². The van der Waals surface area contributed by atoms with Crippen molar-refractivity contribution < 1.29 is 5.11 Å². The first-order valence-corrected chi connectivity index (χ1v) is 7.94. The highest BCUT2D eigenvalue weighted by atomic mass is 79.9. The molecule has 0 radical (unpaired) electrons. The van der Waals surface area contributed by atoms with Gasteiger partial charge in [0.2, 0.25) is 0 Å². The molecular formula is C18H19BrO. The molecule has 104 valence electrons. The lowest BCUT2D eigenvalue weighted by atomic mass is 9.72. The van der Waals surface area contributed by atoms with Crippen LogP contribution in [0.15, 0.2) is 53.0 Å². The highest BCUT2D eigenvalue weighted by Gasteiger charge is 2.36. The molecule has 2 aromatic rings. The third kappa shape index (κ3) is 2.55. The van der Waals surface area contributed by atoms with E-state index in [9.17, 15) is 5.11 Å². The van der Waals surface area contributed by atoms with Gasteiger partial charge in [-0.3, -0.25) is 0 Å². The topological polar surface area (TPSA) is 20.2 Å². The van der Waals surface area contributed by atoms with E-state index in [1.165, 1.54) is 11.1 Å². The van der Waals surface area contributed by atoms with Crippen LogP contribution in [0.5, 0.6) is 0 Å². The summed E-state index contributed by atoms with van der Waals surface area (Å²) in [5, 5.41) is 11.2. The van der Waals surface area contributed by atoms with Crippen molar-refractivity contribution in [3.63, 3.8) is 0 Å². The van der Waals surface area contributed by atoms with Crippen molar-refractivity contribution in [1.29, 1.82) is 0 Å². The first-order valence-electron chi connectivity index (χ1n) is 7.15. The summed E-state index contributed by atoms with van der Waals surface area (Å²) < 4.78 is 1.07. The highest BCUT2D eigenvalue weighted by molar-refractivity contribution is 9.10. The number of aliphatic hydroxyl groups is 1. The predicted octanol–water partition coefficient (Wildman–Crippen LogP) is 4.78. The molecular weight excluding hydrogens is 312 g/mol. The molecule has 0 aliphatic heterocycles. The number of hydrogen-bond acceptors (Lipinski definition) is 1. The second-order valence-corrected chi connectivity index (χ2v) is 6.78. The van der Waals surface area contributed by atoms with Crippen molar-refractivity contribution in [2.24, 2.45) is 0 Å². The monoisotopic (exact) mass is 330 g/mol. The Morgan fingerprint density at radius 3 is 2.80 bits per heavy atom. The summed E-state index contributed by atoms with van der Waals surface area (Å²) in [6, 6.07) is 16.6. The highest BCUT2D eigenvalue weighted by Crippen LogP contribution is 2.43. The summed E-state index contributed by atoms with van der Waals surface area (Å²) in [6.45, 7) is 2.25. The molecule has 2 heteroatoms. The molecule has 0 amide bonds. The summed E-state index contributed by atoms with van der Waals surface area (Å²) in [7, 11) is 0. The van der Waals surface area contributed by atoms with Gasteiger partial charge in [0.15, 0.2) is 0 Å². The Hall–Kier alpha value is -1.12. The number of benzene rings is 2. The molecule has 0 saturated carbocycles. The van der Waals surface area contributed by atoms with Gasteiger partial charge in [0.05, 0.1) is 5.60 Å². The zero-order chi connectivity index (χ0) is 14.2. The normalized spacial score (nSPS) is 25.2. The summed E-state index contributed by atoms with van der Waals surface area (Å²) in [5.41, 5.74) is 2.85. The van der Waals surface area contributed by atoms with Gasteiger partial charge in [0.25, 0.3) is 0 Å². The van der Waals surface area contributed by atoms with E-state index in [1.54, 1.807) is 0 Å². The minimum atomic E-state index is -0.732. The lowest BCUT2D eigenvalue weighted by molar-refractivity contribution is 0.0159. The average Bonchev–Trinajstić information content (AvgIpc) is 2.44. The first kappa shape index (κ1) is 13.8. The minimum absolute atomic E-state index is 0.536. The van der Waals surface area contributed by atoms with Crippen LogP contribution < -0.4 is 0 Å². The van der Waals surface area contributed by atoms with Gasteiger partial charge in [0, 0.05) is 10.9 Å². The molecule has 1 aliphatic rings. The lowest BCUT2D eigenvalue weighted by Crippen LogP contribution is -2.34. The van der Waals surface area contributed by atoms with Crippen LogP contribution in [-0.4, -0.2) is 5.11 Å². The fourth-order valence-corrected chi connectivity index (χ4v) is 3.71. The van der Waals surface area contributed by atoms with E-state index in [2.05, 4.69) is 53.2 Å². The molecule has 0 aromatic heterocycles. The van der Waals surface area contributed by atoms with Gasteiger partial charge in [-0.05, 0) is 47.6 Å².